The minimum Gasteiger partial charge on any atom is -0.492 e. The van der Waals surface area contributed by atoms with Crippen molar-refractivity contribution in [1.82, 2.24) is 4.98 Å². The number of nitriles is 1. The van der Waals surface area contributed by atoms with E-state index in [1.165, 1.54) is 6.20 Å². The van der Waals surface area contributed by atoms with Gasteiger partial charge in [0.1, 0.15) is 11.8 Å². The number of nitrogens with zero attached hydrogens (tertiary/aromatic N) is 2. The summed E-state index contributed by atoms with van der Waals surface area (Å²) in [5.74, 6) is 0.572. The minimum absolute atomic E-state index is 0.362. The lowest BCUT2D eigenvalue weighted by Gasteiger charge is -2.11. The third kappa shape index (κ3) is 1.98. The fourth-order valence-corrected chi connectivity index (χ4v) is 1.91. The van der Waals surface area contributed by atoms with Gasteiger partial charge in [-0.2, -0.15) is 5.26 Å². The first kappa shape index (κ1) is 12.3. The first-order valence-electron chi connectivity index (χ1n) is 5.33. The van der Waals surface area contributed by atoms with Crippen molar-refractivity contribution >= 4 is 34.1 Å². The number of aromatic nitrogens is 1. The van der Waals surface area contributed by atoms with Crippen LogP contribution >= 0.6 is 11.8 Å². The number of rotatable bonds is 3. The fraction of sp³-hybridized carbons (Fsp3) is 0.167. The molecule has 6 heteroatoms. The van der Waals surface area contributed by atoms with Crippen molar-refractivity contribution in [3.63, 3.8) is 0 Å². The van der Waals surface area contributed by atoms with Gasteiger partial charge in [-0.25, -0.2) is 0 Å². The van der Waals surface area contributed by atoms with Gasteiger partial charge in [0.25, 0.3) is 0 Å². The zero-order valence-corrected chi connectivity index (χ0v) is 10.5. The number of nitrogens with two attached hydrogens (primary N) is 1. The Morgan fingerprint density at radius 3 is 2.94 bits per heavy atom. The average Bonchev–Trinajstić information content (AvgIpc) is 2.38. The van der Waals surface area contributed by atoms with Crippen LogP contribution in [-0.4, -0.2) is 11.6 Å². The molecule has 0 radical (unpaired) electrons. The van der Waals surface area contributed by atoms with Crippen molar-refractivity contribution in [2.45, 2.75) is 6.92 Å². The van der Waals surface area contributed by atoms with E-state index in [9.17, 15) is 0 Å². The van der Waals surface area contributed by atoms with Gasteiger partial charge in [-0.3, -0.25) is 9.82 Å². The first-order valence-corrected chi connectivity index (χ1v) is 5.70. The molecule has 0 amide bonds. The Balaban J connectivity index is 2.72. The Hall–Kier alpha value is -2.19. The standard InChI is InChI=1S/C12H11ClN4O/c1-2-18-11-4-10-8(3-9(11)15)12(17-13)7(5-14)6-16-10/h3-4,6H,2,15H2,1H3,(H,16,17). The molecule has 92 valence electrons. The second-order valence-electron chi connectivity index (χ2n) is 3.59. The fourth-order valence-electron chi connectivity index (χ4n) is 1.70. The van der Waals surface area contributed by atoms with Crippen molar-refractivity contribution in [3.05, 3.63) is 23.9 Å². The van der Waals surface area contributed by atoms with E-state index in [1.54, 1.807) is 12.1 Å². The monoisotopic (exact) mass is 262 g/mol. The first-order chi connectivity index (χ1) is 8.71. The number of ether oxygens (including phenoxy) is 1. The van der Waals surface area contributed by atoms with Crippen LogP contribution in [0.15, 0.2) is 18.3 Å². The molecule has 0 spiro atoms. The lowest BCUT2D eigenvalue weighted by molar-refractivity contribution is 0.342. The Labute approximate surface area is 109 Å². The molecule has 2 aromatic rings. The van der Waals surface area contributed by atoms with Crippen LogP contribution in [0.5, 0.6) is 5.75 Å². The van der Waals surface area contributed by atoms with Crippen LogP contribution in [0.4, 0.5) is 11.4 Å². The summed E-state index contributed by atoms with van der Waals surface area (Å²) in [5, 5.41) is 9.66. The van der Waals surface area contributed by atoms with Gasteiger partial charge in [-0.15, -0.1) is 0 Å². The van der Waals surface area contributed by atoms with Crippen LogP contribution in [0.3, 0.4) is 0 Å². The molecule has 1 aromatic heterocycles. The zero-order valence-electron chi connectivity index (χ0n) is 9.70. The van der Waals surface area contributed by atoms with Crippen molar-refractivity contribution in [2.75, 3.05) is 17.2 Å². The van der Waals surface area contributed by atoms with Gasteiger partial charge in [-0.1, -0.05) is 0 Å². The average molecular weight is 263 g/mol. The van der Waals surface area contributed by atoms with Crippen LogP contribution in [0.25, 0.3) is 10.9 Å². The van der Waals surface area contributed by atoms with E-state index in [4.69, 9.17) is 27.5 Å². The molecule has 0 saturated heterocycles. The van der Waals surface area contributed by atoms with Crippen LogP contribution < -0.4 is 15.3 Å². The number of benzene rings is 1. The van der Waals surface area contributed by atoms with E-state index in [2.05, 4.69) is 9.82 Å². The Kier molecular flexibility index (Phi) is 3.40. The van der Waals surface area contributed by atoms with E-state index < -0.39 is 0 Å². The number of hydrogen-bond acceptors (Lipinski definition) is 5. The molecule has 0 fully saturated rings. The molecule has 2 rings (SSSR count). The summed E-state index contributed by atoms with van der Waals surface area (Å²) in [7, 11) is 0. The summed E-state index contributed by atoms with van der Waals surface area (Å²) in [6, 6.07) is 5.44. The van der Waals surface area contributed by atoms with Crippen molar-refractivity contribution in [1.29, 1.82) is 5.26 Å². The number of hydrogen-bond donors (Lipinski definition) is 2. The summed E-state index contributed by atoms with van der Waals surface area (Å²) in [6.07, 6.45) is 1.46. The maximum Gasteiger partial charge on any atom is 0.144 e. The highest BCUT2D eigenvalue weighted by Crippen LogP contribution is 2.33. The van der Waals surface area contributed by atoms with Crippen LogP contribution in [0.1, 0.15) is 12.5 Å². The van der Waals surface area contributed by atoms with Gasteiger partial charge in [0.15, 0.2) is 0 Å². The normalized spacial score (nSPS) is 10.1. The van der Waals surface area contributed by atoms with Crippen LogP contribution in [-0.2, 0) is 0 Å². The van der Waals surface area contributed by atoms with Gasteiger partial charge >= 0.3 is 0 Å². The van der Waals surface area contributed by atoms with Gasteiger partial charge in [0.05, 0.1) is 29.1 Å². The number of halogens is 1. The molecule has 0 aliphatic carbocycles. The number of anilines is 2. The second kappa shape index (κ2) is 4.98. The largest absolute Gasteiger partial charge is 0.492 e. The molecular weight excluding hydrogens is 252 g/mol. The summed E-state index contributed by atoms with van der Waals surface area (Å²) >= 11 is 5.64. The second-order valence-corrected chi connectivity index (χ2v) is 3.78. The minimum atomic E-state index is 0.362. The third-order valence-electron chi connectivity index (χ3n) is 2.51. The van der Waals surface area contributed by atoms with E-state index in [0.717, 1.165) is 0 Å². The van der Waals surface area contributed by atoms with Crippen LogP contribution in [0.2, 0.25) is 0 Å². The van der Waals surface area contributed by atoms with Gasteiger partial charge in [-0.05, 0) is 13.0 Å². The molecule has 18 heavy (non-hydrogen) atoms. The predicted molar refractivity (Wildman–Crippen MR) is 71.5 cm³/mol. The highest BCUT2D eigenvalue weighted by atomic mass is 35.5. The molecule has 1 aromatic carbocycles. The molecule has 0 atom stereocenters. The van der Waals surface area contributed by atoms with Crippen LogP contribution in [0, 0.1) is 11.3 Å². The smallest absolute Gasteiger partial charge is 0.144 e. The molecular formula is C12H11ClN4O. The lowest BCUT2D eigenvalue weighted by Crippen LogP contribution is -1.99. The third-order valence-corrected chi connectivity index (χ3v) is 2.70. The van der Waals surface area contributed by atoms with Crippen molar-refractivity contribution in [3.8, 4) is 11.8 Å². The maximum absolute atomic E-state index is 8.97. The molecule has 0 aliphatic heterocycles. The summed E-state index contributed by atoms with van der Waals surface area (Å²) in [6.45, 7) is 2.40. The maximum atomic E-state index is 8.97. The molecule has 5 nitrogen and oxygen atoms in total. The number of pyridine rings is 1. The van der Waals surface area contributed by atoms with Gasteiger partial charge < -0.3 is 10.5 Å². The molecule has 0 saturated carbocycles. The summed E-state index contributed by atoms with van der Waals surface area (Å²) in [4.78, 5) is 6.67. The van der Waals surface area contributed by atoms with Gasteiger partial charge in [0.2, 0.25) is 0 Å². The SMILES string of the molecule is CCOc1cc2ncc(C#N)c(NCl)c2cc1N. The Bertz CT molecular complexity index is 636. The number of nitrogens with one attached hydrogen (secondary N) is 1. The molecule has 3 N–H and O–H groups in total. The highest BCUT2D eigenvalue weighted by Gasteiger charge is 2.11. The Morgan fingerprint density at radius 2 is 2.33 bits per heavy atom. The van der Waals surface area contributed by atoms with Crippen molar-refractivity contribution < 1.29 is 4.74 Å². The molecule has 1 heterocycles. The quantitative estimate of drug-likeness (QED) is 0.656. The highest BCUT2D eigenvalue weighted by molar-refractivity contribution is 6.26. The number of fused-ring (bicyclic) bond motifs is 1. The van der Waals surface area contributed by atoms with E-state index in [-0.39, 0.29) is 0 Å². The molecule has 0 aliphatic rings. The topological polar surface area (TPSA) is 84.0 Å². The number of nitrogen functional groups attached to an aromatic ring is 1. The van der Waals surface area contributed by atoms with E-state index in [1.807, 2.05) is 13.0 Å². The van der Waals surface area contributed by atoms with Gasteiger partial charge in [0, 0.05) is 29.4 Å². The summed E-state index contributed by atoms with van der Waals surface area (Å²) in [5.41, 5.74) is 7.89. The van der Waals surface area contributed by atoms with Crippen molar-refractivity contribution in [2.24, 2.45) is 0 Å². The van der Waals surface area contributed by atoms with E-state index >= 15 is 0 Å². The zero-order chi connectivity index (χ0) is 13.1. The van der Waals surface area contributed by atoms with E-state index in [0.29, 0.717) is 40.2 Å². The molecule has 0 bridgehead atoms. The Morgan fingerprint density at radius 1 is 1.56 bits per heavy atom. The predicted octanol–water partition coefficient (Wildman–Crippen LogP) is 2.65. The lowest BCUT2D eigenvalue weighted by atomic mass is 10.1. The summed E-state index contributed by atoms with van der Waals surface area (Å²) < 4.78 is 5.39. The molecule has 0 unspecified atom stereocenters.